The van der Waals surface area contributed by atoms with Gasteiger partial charge in [0.2, 0.25) is 0 Å². The predicted octanol–water partition coefficient (Wildman–Crippen LogP) is 8.11. The molecule has 0 saturated heterocycles. The summed E-state index contributed by atoms with van der Waals surface area (Å²) in [4.78, 5) is 0. The maximum Gasteiger partial charge on any atom is 0.172 e. The van der Waals surface area contributed by atoms with Gasteiger partial charge in [-0.1, -0.05) is 141 Å². The smallest absolute Gasteiger partial charge is 0.172 e. The summed E-state index contributed by atoms with van der Waals surface area (Å²) in [5.74, 6) is 0. The number of hydrogen-bond donors (Lipinski definition) is 0. The quantitative estimate of drug-likeness (QED) is 0.215. The number of hydrogen-bond acceptors (Lipinski definition) is 1. The third kappa shape index (κ3) is 4.41. The molecule has 0 spiro atoms. The van der Waals surface area contributed by atoms with Gasteiger partial charge in [-0.05, 0) is 41.8 Å². The van der Waals surface area contributed by atoms with Gasteiger partial charge >= 0.3 is 0 Å². The molecule has 0 heterocycles. The molecular formula is C32H36OSi. The van der Waals surface area contributed by atoms with Crippen molar-refractivity contribution >= 4 is 9.04 Å². The first-order chi connectivity index (χ1) is 16.6. The second-order valence-electron chi connectivity index (χ2n) is 9.32. The Bertz CT molecular complexity index is 1050. The summed E-state index contributed by atoms with van der Waals surface area (Å²) >= 11 is 0. The minimum Gasteiger partial charge on any atom is -0.406 e. The van der Waals surface area contributed by atoms with Gasteiger partial charge in [-0.25, -0.2) is 0 Å². The molecule has 0 radical (unpaired) electrons. The Morgan fingerprint density at radius 3 is 1.24 bits per heavy atom. The topological polar surface area (TPSA) is 9.23 Å². The number of benzene rings is 4. The van der Waals surface area contributed by atoms with E-state index in [4.69, 9.17) is 4.43 Å². The predicted molar refractivity (Wildman–Crippen MR) is 147 cm³/mol. The van der Waals surface area contributed by atoms with Crippen LogP contribution in [0.5, 0.6) is 0 Å². The summed E-state index contributed by atoms with van der Waals surface area (Å²) in [7, 11) is -1.52. The van der Waals surface area contributed by atoms with Crippen molar-refractivity contribution in [3.8, 4) is 0 Å². The molecule has 4 rings (SSSR count). The highest BCUT2D eigenvalue weighted by Gasteiger charge is 2.56. The monoisotopic (exact) mass is 464 g/mol. The summed E-state index contributed by atoms with van der Waals surface area (Å²) in [5, 5.41) is 0. The molecule has 4 aromatic rings. The zero-order valence-electron chi connectivity index (χ0n) is 20.7. The molecule has 0 bridgehead atoms. The number of unbranched alkanes of at least 4 members (excludes halogenated alkanes) is 1. The van der Waals surface area contributed by atoms with Gasteiger partial charge in [0.05, 0.1) is 5.41 Å². The van der Waals surface area contributed by atoms with E-state index in [1.54, 1.807) is 0 Å². The Morgan fingerprint density at radius 2 is 0.912 bits per heavy atom. The van der Waals surface area contributed by atoms with Crippen molar-refractivity contribution in [2.45, 2.75) is 50.3 Å². The summed E-state index contributed by atoms with van der Waals surface area (Å²) in [6, 6.07) is 44.0. The van der Waals surface area contributed by atoms with Gasteiger partial charge in [0.1, 0.15) is 5.60 Å². The molecule has 0 N–H and O–H groups in total. The Balaban J connectivity index is 2.21. The maximum absolute atomic E-state index is 7.42. The highest BCUT2D eigenvalue weighted by molar-refractivity contribution is 6.48. The fraction of sp³-hybridized carbons (Fsp3) is 0.250. The second-order valence-corrected chi connectivity index (χ2v) is 11.7. The van der Waals surface area contributed by atoms with Crippen molar-refractivity contribution in [2.24, 2.45) is 0 Å². The molecule has 174 valence electrons. The lowest BCUT2D eigenvalue weighted by Crippen LogP contribution is -2.54. The first kappa shape index (κ1) is 24.2. The Hall–Kier alpha value is -2.94. The molecule has 34 heavy (non-hydrogen) atoms. The van der Waals surface area contributed by atoms with Crippen LogP contribution in [0.15, 0.2) is 121 Å². The Kier molecular flexibility index (Phi) is 7.82. The molecule has 4 aromatic carbocycles. The van der Waals surface area contributed by atoms with E-state index in [0.29, 0.717) is 0 Å². The normalized spacial score (nSPS) is 12.1. The SMILES string of the molecule is CCCCC(c1ccccc1)(c1ccccc1)C(O[SiH](C)C)(c1ccccc1)c1ccccc1. The summed E-state index contributed by atoms with van der Waals surface area (Å²) in [5.41, 5.74) is 3.98. The largest absolute Gasteiger partial charge is 0.406 e. The number of rotatable bonds is 10. The van der Waals surface area contributed by atoms with Crippen molar-refractivity contribution in [2.75, 3.05) is 0 Å². The van der Waals surface area contributed by atoms with Crippen molar-refractivity contribution in [3.63, 3.8) is 0 Å². The third-order valence-electron chi connectivity index (χ3n) is 6.81. The minimum atomic E-state index is -1.52. The van der Waals surface area contributed by atoms with Gasteiger partial charge < -0.3 is 4.43 Å². The standard InChI is InChI=1S/C32H36OSi/c1-4-5-26-31(27-18-10-6-11-19-27,28-20-12-7-13-21-28)32(33-34(2)3,29-22-14-8-15-23-29)30-24-16-9-17-25-30/h6-25,34H,4-5,26H2,1-3H3. The van der Waals surface area contributed by atoms with E-state index in [9.17, 15) is 0 Å². The highest BCUT2D eigenvalue weighted by atomic mass is 28.3. The van der Waals surface area contributed by atoms with E-state index >= 15 is 0 Å². The lowest BCUT2D eigenvalue weighted by molar-refractivity contribution is 0.0299. The van der Waals surface area contributed by atoms with Gasteiger partial charge in [0.25, 0.3) is 0 Å². The van der Waals surface area contributed by atoms with Crippen LogP contribution in [-0.4, -0.2) is 9.04 Å². The van der Waals surface area contributed by atoms with Gasteiger partial charge in [-0.2, -0.15) is 0 Å². The molecule has 0 saturated carbocycles. The van der Waals surface area contributed by atoms with Gasteiger partial charge in [-0.15, -0.1) is 0 Å². The van der Waals surface area contributed by atoms with Crippen LogP contribution in [0.4, 0.5) is 0 Å². The molecule has 0 unspecified atom stereocenters. The van der Waals surface area contributed by atoms with Crippen LogP contribution in [0.3, 0.4) is 0 Å². The van der Waals surface area contributed by atoms with Crippen LogP contribution < -0.4 is 0 Å². The average molecular weight is 465 g/mol. The minimum absolute atomic E-state index is 0.397. The van der Waals surface area contributed by atoms with Crippen LogP contribution in [0, 0.1) is 0 Å². The zero-order chi connectivity index (χ0) is 23.9. The highest BCUT2D eigenvalue weighted by Crippen LogP contribution is 2.56. The zero-order valence-corrected chi connectivity index (χ0v) is 21.8. The van der Waals surface area contributed by atoms with Crippen LogP contribution in [0.25, 0.3) is 0 Å². The van der Waals surface area contributed by atoms with E-state index in [1.807, 2.05) is 0 Å². The maximum atomic E-state index is 7.42. The molecule has 1 nitrogen and oxygen atoms in total. The lowest BCUT2D eigenvalue weighted by atomic mass is 9.56. The second kappa shape index (κ2) is 11.0. The van der Waals surface area contributed by atoms with E-state index in [0.717, 1.165) is 19.3 Å². The van der Waals surface area contributed by atoms with Crippen LogP contribution in [0.1, 0.15) is 48.4 Å². The van der Waals surface area contributed by atoms with E-state index in [-0.39, 0.29) is 0 Å². The van der Waals surface area contributed by atoms with Crippen molar-refractivity contribution in [1.29, 1.82) is 0 Å². The molecule has 0 aliphatic rings. The Labute approximate surface area is 207 Å². The molecule has 0 fully saturated rings. The van der Waals surface area contributed by atoms with Gasteiger partial charge in [-0.3, -0.25) is 0 Å². The summed E-state index contributed by atoms with van der Waals surface area (Å²) < 4.78 is 7.42. The fourth-order valence-corrected chi connectivity index (χ4v) is 6.70. The van der Waals surface area contributed by atoms with Crippen molar-refractivity contribution in [3.05, 3.63) is 144 Å². The van der Waals surface area contributed by atoms with Crippen LogP contribution in [0.2, 0.25) is 13.1 Å². The van der Waals surface area contributed by atoms with E-state index in [2.05, 4.69) is 141 Å². The van der Waals surface area contributed by atoms with Crippen LogP contribution in [-0.2, 0) is 15.4 Å². The first-order valence-electron chi connectivity index (χ1n) is 12.5. The van der Waals surface area contributed by atoms with Gasteiger partial charge in [0, 0.05) is 0 Å². The molecule has 0 aliphatic heterocycles. The molecule has 0 aromatic heterocycles. The summed E-state index contributed by atoms with van der Waals surface area (Å²) in [6.07, 6.45) is 3.22. The summed E-state index contributed by atoms with van der Waals surface area (Å²) in [6.45, 7) is 6.87. The fourth-order valence-electron chi connectivity index (χ4n) is 5.52. The van der Waals surface area contributed by atoms with E-state index in [1.165, 1.54) is 22.3 Å². The molecule has 0 aliphatic carbocycles. The van der Waals surface area contributed by atoms with E-state index < -0.39 is 20.1 Å². The van der Waals surface area contributed by atoms with Crippen molar-refractivity contribution < 1.29 is 4.43 Å². The lowest BCUT2D eigenvalue weighted by Gasteiger charge is -2.53. The molecule has 2 heteroatoms. The van der Waals surface area contributed by atoms with Gasteiger partial charge in [0.15, 0.2) is 9.04 Å². The first-order valence-corrected chi connectivity index (χ1v) is 15.3. The van der Waals surface area contributed by atoms with Crippen molar-refractivity contribution in [1.82, 2.24) is 0 Å². The molecular weight excluding hydrogens is 428 g/mol. The third-order valence-corrected chi connectivity index (χ3v) is 7.64. The van der Waals surface area contributed by atoms with Crippen LogP contribution >= 0.6 is 0 Å². The Morgan fingerprint density at radius 1 is 0.559 bits per heavy atom. The molecule has 0 amide bonds. The molecule has 0 atom stereocenters. The average Bonchev–Trinajstić information content (AvgIpc) is 2.90.